The van der Waals surface area contributed by atoms with Crippen molar-refractivity contribution >= 4 is 33.8 Å². The van der Waals surface area contributed by atoms with Gasteiger partial charge in [0.1, 0.15) is 18.5 Å². The molecule has 4 aliphatic rings. The Morgan fingerprint density at radius 1 is 1.05 bits per heavy atom. The topological polar surface area (TPSA) is 117 Å². The Labute approximate surface area is 250 Å². The van der Waals surface area contributed by atoms with Gasteiger partial charge in [0.05, 0.1) is 6.33 Å². The van der Waals surface area contributed by atoms with Gasteiger partial charge in [-0.05, 0) is 64.5 Å². The molecule has 2 N–H and O–H groups in total. The van der Waals surface area contributed by atoms with Crippen LogP contribution in [-0.2, 0) is 25.4 Å². The molecule has 2 aliphatic heterocycles. The van der Waals surface area contributed by atoms with Crippen LogP contribution in [0.3, 0.4) is 0 Å². The maximum atomic E-state index is 13.1. The van der Waals surface area contributed by atoms with Crippen LogP contribution in [0.2, 0.25) is 0 Å². The molecule has 1 aromatic carbocycles. The average Bonchev–Trinajstić information content (AvgIpc) is 3.41. The Hall–Kier alpha value is -3.54. The van der Waals surface area contributed by atoms with Crippen LogP contribution < -0.4 is 10.6 Å². The van der Waals surface area contributed by atoms with E-state index >= 15 is 0 Å². The number of fused-ring (bicyclic) bond motifs is 3. The molecule has 43 heavy (non-hydrogen) atoms. The highest BCUT2D eigenvalue weighted by molar-refractivity contribution is 5.85. The fraction of sp³-hybridized carbons (Fsp3) is 0.562. The summed E-state index contributed by atoms with van der Waals surface area (Å²) in [5.41, 5.74) is 3.91. The third kappa shape index (κ3) is 4.87. The molecule has 0 radical (unpaired) electrons. The van der Waals surface area contributed by atoms with Gasteiger partial charge in [0.15, 0.2) is 35.1 Å². The lowest BCUT2D eigenvalue weighted by Gasteiger charge is -2.24. The molecular formula is C32H39N7O4. The predicted molar refractivity (Wildman–Crippen MR) is 160 cm³/mol. The Balaban J connectivity index is 1.04. The van der Waals surface area contributed by atoms with Crippen molar-refractivity contribution in [2.24, 2.45) is 0 Å². The van der Waals surface area contributed by atoms with E-state index in [0.717, 1.165) is 19.3 Å². The molecule has 2 aliphatic carbocycles. The second-order valence-corrected chi connectivity index (χ2v) is 13.1. The number of rotatable bonds is 8. The van der Waals surface area contributed by atoms with E-state index in [-0.39, 0.29) is 18.0 Å². The number of nitrogens with zero attached hydrogens (tertiary/aromatic N) is 5. The molecule has 5 heterocycles. The normalized spacial score (nSPS) is 27.6. The van der Waals surface area contributed by atoms with E-state index in [0.29, 0.717) is 23.0 Å². The predicted octanol–water partition coefficient (Wildman–Crippen LogP) is 4.64. The first-order valence-electron chi connectivity index (χ1n) is 15.7. The fourth-order valence-electron chi connectivity index (χ4n) is 7.21. The molecule has 3 aromatic heterocycles. The van der Waals surface area contributed by atoms with Gasteiger partial charge in [-0.1, -0.05) is 31.0 Å². The Morgan fingerprint density at radius 2 is 1.84 bits per heavy atom. The highest BCUT2D eigenvalue weighted by Crippen LogP contribution is 2.44. The molecule has 2 saturated carbocycles. The van der Waals surface area contributed by atoms with Crippen molar-refractivity contribution in [1.82, 2.24) is 29.4 Å². The van der Waals surface area contributed by atoms with Crippen molar-refractivity contribution < 1.29 is 19.0 Å². The molecule has 226 valence electrons. The van der Waals surface area contributed by atoms with Crippen LogP contribution in [0.15, 0.2) is 43.1 Å². The zero-order valence-corrected chi connectivity index (χ0v) is 24.9. The van der Waals surface area contributed by atoms with Gasteiger partial charge in [-0.3, -0.25) is 9.36 Å². The van der Waals surface area contributed by atoms with Gasteiger partial charge in [0.2, 0.25) is 0 Å². The largest absolute Gasteiger partial charge is 0.365 e. The molecule has 1 unspecified atom stereocenters. The van der Waals surface area contributed by atoms with Gasteiger partial charge in [-0.2, -0.15) is 0 Å². The van der Waals surface area contributed by atoms with E-state index in [2.05, 4.69) is 62.6 Å². The van der Waals surface area contributed by atoms with Gasteiger partial charge in [0.25, 0.3) is 5.91 Å². The summed E-state index contributed by atoms with van der Waals surface area (Å²) in [5, 5.41) is 7.97. The number of ether oxygens (including phenoxy) is 3. The third-order valence-electron chi connectivity index (χ3n) is 9.29. The van der Waals surface area contributed by atoms with Crippen LogP contribution in [0.4, 0.5) is 5.82 Å². The Bertz CT molecular complexity index is 1670. The molecular weight excluding hydrogens is 546 g/mol. The Kier molecular flexibility index (Phi) is 6.46. The number of para-hydroxylation sites is 1. The molecule has 0 spiro atoms. The Morgan fingerprint density at radius 3 is 2.65 bits per heavy atom. The van der Waals surface area contributed by atoms with Crippen molar-refractivity contribution in [2.75, 3.05) is 5.32 Å². The lowest BCUT2D eigenvalue weighted by molar-refractivity contribution is -0.197. The highest BCUT2D eigenvalue weighted by atomic mass is 16.8. The number of nitrogens with one attached hydrogen (secondary N) is 2. The van der Waals surface area contributed by atoms with Gasteiger partial charge in [0, 0.05) is 35.2 Å². The fourth-order valence-corrected chi connectivity index (χ4v) is 7.21. The molecule has 8 rings (SSSR count). The van der Waals surface area contributed by atoms with Gasteiger partial charge in [-0.15, -0.1) is 0 Å². The third-order valence-corrected chi connectivity index (χ3v) is 9.29. The summed E-state index contributed by atoms with van der Waals surface area (Å²) in [4.78, 5) is 26.9. The zero-order valence-electron chi connectivity index (χ0n) is 24.9. The van der Waals surface area contributed by atoms with Crippen molar-refractivity contribution in [2.45, 2.75) is 114 Å². The van der Waals surface area contributed by atoms with Crippen LogP contribution in [0.25, 0.3) is 22.1 Å². The lowest BCUT2D eigenvalue weighted by Crippen LogP contribution is -2.43. The van der Waals surface area contributed by atoms with E-state index in [4.69, 9.17) is 19.2 Å². The number of amides is 1. The van der Waals surface area contributed by atoms with Crippen LogP contribution >= 0.6 is 0 Å². The maximum Gasteiger partial charge on any atom is 0.252 e. The van der Waals surface area contributed by atoms with Gasteiger partial charge >= 0.3 is 0 Å². The number of imidazole rings is 1. The van der Waals surface area contributed by atoms with Crippen LogP contribution in [0.1, 0.15) is 77.1 Å². The number of benzene rings is 1. The minimum absolute atomic E-state index is 0.0982. The number of carbonyl (C=O) groups is 1. The van der Waals surface area contributed by atoms with E-state index in [1.807, 2.05) is 18.4 Å². The number of aromatic nitrogens is 5. The highest BCUT2D eigenvalue weighted by Gasteiger charge is 2.58. The molecule has 0 bridgehead atoms. The summed E-state index contributed by atoms with van der Waals surface area (Å²) < 4.78 is 23.1. The quantitative estimate of drug-likeness (QED) is 0.307. The van der Waals surface area contributed by atoms with Crippen molar-refractivity contribution in [3.63, 3.8) is 0 Å². The van der Waals surface area contributed by atoms with E-state index < -0.39 is 30.3 Å². The molecule has 2 saturated heterocycles. The first-order chi connectivity index (χ1) is 20.8. The smallest absolute Gasteiger partial charge is 0.252 e. The standard InChI is InChI=1S/C32H39N7O4/c1-18(14-19-15-38(21-8-4-5-9-21)23-11-7-6-10-22(19)23)36-28-24-29(34-16-33-28)39(17-35-24)31-27-25(42-32(2,3)43-27)26(41-31)30(40)37-20-12-13-20/h6-7,10-11,15-18,20-21,25-27,31H,4-5,8-9,12-14H2,1-3H3,(H,37,40)(H,33,34,36)/t18?,25-,26+,27-,31-/m1/s1. The first-order valence-corrected chi connectivity index (χ1v) is 15.7. The minimum atomic E-state index is -0.829. The molecule has 4 aromatic rings. The molecule has 11 nitrogen and oxygen atoms in total. The molecule has 4 fully saturated rings. The molecule has 1 amide bonds. The monoisotopic (exact) mass is 585 g/mol. The number of carbonyl (C=O) groups excluding carboxylic acids is 1. The van der Waals surface area contributed by atoms with E-state index in [1.165, 1.54) is 42.1 Å². The van der Waals surface area contributed by atoms with Gasteiger partial charge in [-0.25, -0.2) is 15.0 Å². The number of hydrogen-bond acceptors (Lipinski definition) is 8. The average molecular weight is 586 g/mol. The minimum Gasteiger partial charge on any atom is -0.365 e. The van der Waals surface area contributed by atoms with Crippen LogP contribution in [-0.4, -0.2) is 66.2 Å². The summed E-state index contributed by atoms with van der Waals surface area (Å²) in [6.07, 6.45) is 11.2. The van der Waals surface area contributed by atoms with Crippen LogP contribution in [0, 0.1) is 0 Å². The van der Waals surface area contributed by atoms with Crippen LogP contribution in [0.5, 0.6) is 0 Å². The second kappa shape index (κ2) is 10.3. The van der Waals surface area contributed by atoms with Crippen molar-refractivity contribution in [3.8, 4) is 0 Å². The number of hydrogen-bond donors (Lipinski definition) is 2. The summed E-state index contributed by atoms with van der Waals surface area (Å²) >= 11 is 0. The first kappa shape index (κ1) is 27.0. The van der Waals surface area contributed by atoms with Gasteiger partial charge < -0.3 is 29.4 Å². The summed E-state index contributed by atoms with van der Waals surface area (Å²) in [5.74, 6) is -0.327. The summed E-state index contributed by atoms with van der Waals surface area (Å²) in [7, 11) is 0. The summed E-state index contributed by atoms with van der Waals surface area (Å²) in [6.45, 7) is 5.90. The molecule has 11 heteroatoms. The zero-order chi connectivity index (χ0) is 29.3. The number of anilines is 1. The van der Waals surface area contributed by atoms with E-state index in [9.17, 15) is 4.79 Å². The molecule has 5 atom stereocenters. The SMILES string of the molecule is CC(Cc1cn(C2CCCC2)c2ccccc12)Nc1ncnc2c1ncn2[C@@H]1O[C@H](C(=O)NC2CC2)[C@H]2OC(C)(C)O[C@H]21. The lowest BCUT2D eigenvalue weighted by atomic mass is 10.1. The van der Waals surface area contributed by atoms with Crippen molar-refractivity contribution in [1.29, 1.82) is 0 Å². The summed E-state index contributed by atoms with van der Waals surface area (Å²) in [6, 6.07) is 9.64. The maximum absolute atomic E-state index is 13.1. The van der Waals surface area contributed by atoms with Crippen molar-refractivity contribution in [3.05, 3.63) is 48.7 Å². The second-order valence-electron chi connectivity index (χ2n) is 13.1. The van der Waals surface area contributed by atoms with E-state index in [1.54, 1.807) is 12.7 Å².